The molecule has 0 amide bonds. The van der Waals surface area contributed by atoms with Gasteiger partial charge in [0.1, 0.15) is 0 Å². The van der Waals surface area contributed by atoms with Gasteiger partial charge < -0.3 is 4.74 Å². The lowest BCUT2D eigenvalue weighted by molar-refractivity contribution is 0.0979. The predicted molar refractivity (Wildman–Crippen MR) is 77.7 cm³/mol. The largest absolute Gasteiger partial charge is 0.377 e. The molecule has 1 fully saturated rings. The molecular formula is C13H18BrNO3S. The lowest BCUT2D eigenvalue weighted by atomic mass is 10.2. The molecule has 0 spiro atoms. The molecule has 106 valence electrons. The highest BCUT2D eigenvalue weighted by Gasteiger charge is 2.27. The second-order valence-corrected chi connectivity index (χ2v) is 7.76. The Morgan fingerprint density at radius 3 is 2.84 bits per heavy atom. The van der Waals surface area contributed by atoms with Gasteiger partial charge in [0.15, 0.2) is 0 Å². The Hall–Kier alpha value is -0.430. The van der Waals surface area contributed by atoms with E-state index in [0.717, 1.165) is 29.5 Å². The Balaban J connectivity index is 2.22. The van der Waals surface area contributed by atoms with Crippen LogP contribution in [0.5, 0.6) is 0 Å². The van der Waals surface area contributed by atoms with E-state index in [0.29, 0.717) is 11.4 Å². The lowest BCUT2D eigenvalue weighted by Crippen LogP contribution is -2.34. The van der Waals surface area contributed by atoms with Crippen molar-refractivity contribution in [2.24, 2.45) is 0 Å². The van der Waals surface area contributed by atoms with E-state index in [1.807, 2.05) is 6.07 Å². The summed E-state index contributed by atoms with van der Waals surface area (Å²) in [7, 11) is -1.85. The van der Waals surface area contributed by atoms with Crippen LogP contribution in [0.15, 0.2) is 27.6 Å². The smallest absolute Gasteiger partial charge is 0.243 e. The van der Waals surface area contributed by atoms with Crippen molar-refractivity contribution in [3.8, 4) is 0 Å². The van der Waals surface area contributed by atoms with E-state index < -0.39 is 10.0 Å². The van der Waals surface area contributed by atoms with Crippen molar-refractivity contribution in [2.45, 2.75) is 30.8 Å². The summed E-state index contributed by atoms with van der Waals surface area (Å²) in [6, 6.07) is 5.29. The molecule has 0 aromatic heterocycles. The summed E-state index contributed by atoms with van der Waals surface area (Å²) in [6.07, 6.45) is 1.96. The van der Waals surface area contributed by atoms with E-state index in [2.05, 4.69) is 15.9 Å². The fraction of sp³-hybridized carbons (Fsp3) is 0.538. The lowest BCUT2D eigenvalue weighted by Gasteiger charge is -2.21. The molecule has 4 nitrogen and oxygen atoms in total. The van der Waals surface area contributed by atoms with E-state index >= 15 is 0 Å². The number of hydrogen-bond donors (Lipinski definition) is 0. The first-order valence-corrected chi connectivity index (χ1v) is 8.48. The van der Waals surface area contributed by atoms with Crippen LogP contribution in [0.3, 0.4) is 0 Å². The van der Waals surface area contributed by atoms with Crippen LogP contribution < -0.4 is 0 Å². The van der Waals surface area contributed by atoms with Crippen LogP contribution in [0.4, 0.5) is 0 Å². The third-order valence-electron chi connectivity index (χ3n) is 3.32. The Bertz CT molecular complexity index is 553. The van der Waals surface area contributed by atoms with E-state index in [9.17, 15) is 8.42 Å². The molecular weight excluding hydrogens is 330 g/mol. The monoisotopic (exact) mass is 347 g/mol. The van der Waals surface area contributed by atoms with Crippen LogP contribution in [0.2, 0.25) is 0 Å². The molecule has 1 aliphatic heterocycles. The van der Waals surface area contributed by atoms with Crippen molar-refractivity contribution in [3.63, 3.8) is 0 Å². The number of likely N-dealkylation sites (N-methyl/N-ethyl adjacent to an activating group) is 1. The van der Waals surface area contributed by atoms with E-state index in [1.54, 1.807) is 26.1 Å². The van der Waals surface area contributed by atoms with Crippen molar-refractivity contribution in [2.75, 3.05) is 20.2 Å². The highest BCUT2D eigenvalue weighted by atomic mass is 79.9. The topological polar surface area (TPSA) is 46.6 Å². The Morgan fingerprint density at radius 1 is 1.47 bits per heavy atom. The number of sulfonamides is 1. The van der Waals surface area contributed by atoms with Crippen LogP contribution >= 0.6 is 15.9 Å². The van der Waals surface area contributed by atoms with Gasteiger partial charge in [-0.1, -0.05) is 22.0 Å². The third kappa shape index (κ3) is 3.37. The predicted octanol–water partition coefficient (Wildman–Crippen LogP) is 2.56. The number of benzene rings is 1. The van der Waals surface area contributed by atoms with Gasteiger partial charge in [0, 0.05) is 24.7 Å². The zero-order valence-corrected chi connectivity index (χ0v) is 13.5. The second-order valence-electron chi connectivity index (χ2n) is 4.83. The van der Waals surface area contributed by atoms with Crippen LogP contribution in [0.1, 0.15) is 18.4 Å². The van der Waals surface area contributed by atoms with Gasteiger partial charge in [0.25, 0.3) is 0 Å². The van der Waals surface area contributed by atoms with E-state index in [1.165, 1.54) is 4.31 Å². The van der Waals surface area contributed by atoms with Crippen molar-refractivity contribution in [1.29, 1.82) is 0 Å². The maximum Gasteiger partial charge on any atom is 0.243 e. The number of ether oxygens (including phenoxy) is 1. The van der Waals surface area contributed by atoms with Crippen LogP contribution in [0, 0.1) is 6.92 Å². The molecule has 19 heavy (non-hydrogen) atoms. The number of nitrogens with zero attached hydrogens (tertiary/aromatic N) is 1. The minimum atomic E-state index is -3.46. The molecule has 0 radical (unpaired) electrons. The maximum absolute atomic E-state index is 12.5. The Morgan fingerprint density at radius 2 is 2.21 bits per heavy atom. The van der Waals surface area contributed by atoms with Crippen molar-refractivity contribution in [1.82, 2.24) is 4.31 Å². The normalized spacial score (nSPS) is 20.1. The molecule has 1 aromatic rings. The molecule has 1 aliphatic rings. The summed E-state index contributed by atoms with van der Waals surface area (Å²) in [6.45, 7) is 2.95. The molecule has 1 atom stereocenters. The van der Waals surface area contributed by atoms with Gasteiger partial charge in [-0.05, 0) is 37.5 Å². The quantitative estimate of drug-likeness (QED) is 0.840. The first-order valence-electron chi connectivity index (χ1n) is 6.25. The maximum atomic E-state index is 12.5. The average Bonchev–Trinajstić information content (AvgIpc) is 2.85. The highest BCUT2D eigenvalue weighted by molar-refractivity contribution is 9.10. The van der Waals surface area contributed by atoms with Crippen LogP contribution in [-0.4, -0.2) is 39.0 Å². The fourth-order valence-electron chi connectivity index (χ4n) is 2.19. The van der Waals surface area contributed by atoms with Gasteiger partial charge in [-0.25, -0.2) is 8.42 Å². The summed E-state index contributed by atoms with van der Waals surface area (Å²) in [5, 5.41) is 0. The zero-order valence-electron chi connectivity index (χ0n) is 11.1. The SMILES string of the molecule is Cc1ccc(Br)cc1S(=O)(=O)N(C)CC1CCCO1. The van der Waals surface area contributed by atoms with Gasteiger partial charge in [-0.15, -0.1) is 0 Å². The standard InChI is InChI=1S/C13H18BrNO3S/c1-10-5-6-11(14)8-13(10)19(16,17)15(2)9-12-4-3-7-18-12/h5-6,8,12H,3-4,7,9H2,1-2H3. The third-order valence-corrected chi connectivity index (χ3v) is 5.78. The summed E-state index contributed by atoms with van der Waals surface area (Å²) < 4.78 is 32.7. The van der Waals surface area contributed by atoms with Gasteiger partial charge in [0.2, 0.25) is 10.0 Å². The molecule has 0 aliphatic carbocycles. The van der Waals surface area contributed by atoms with Gasteiger partial charge >= 0.3 is 0 Å². The molecule has 2 rings (SSSR count). The average molecular weight is 348 g/mol. The fourth-order valence-corrected chi connectivity index (χ4v) is 4.15. The van der Waals surface area contributed by atoms with Gasteiger partial charge in [0.05, 0.1) is 11.0 Å². The second kappa shape index (κ2) is 5.91. The summed E-state index contributed by atoms with van der Waals surface area (Å²) >= 11 is 3.32. The van der Waals surface area contributed by atoms with Crippen molar-refractivity contribution in [3.05, 3.63) is 28.2 Å². The first kappa shape index (κ1) is 15.0. The molecule has 1 heterocycles. The molecule has 1 aromatic carbocycles. The van der Waals surface area contributed by atoms with Crippen molar-refractivity contribution < 1.29 is 13.2 Å². The number of rotatable bonds is 4. The molecule has 0 N–H and O–H groups in total. The molecule has 0 bridgehead atoms. The minimum absolute atomic E-state index is 0.0206. The molecule has 1 saturated heterocycles. The molecule has 1 unspecified atom stereocenters. The van der Waals surface area contributed by atoms with E-state index in [-0.39, 0.29) is 6.10 Å². The summed E-state index contributed by atoms with van der Waals surface area (Å²) in [5.74, 6) is 0. The zero-order chi connectivity index (χ0) is 14.0. The first-order chi connectivity index (χ1) is 8.91. The van der Waals surface area contributed by atoms with Gasteiger partial charge in [-0.2, -0.15) is 4.31 Å². The number of hydrogen-bond acceptors (Lipinski definition) is 3. The summed E-state index contributed by atoms with van der Waals surface area (Å²) in [4.78, 5) is 0.349. The number of halogens is 1. The summed E-state index contributed by atoms with van der Waals surface area (Å²) in [5.41, 5.74) is 0.752. The van der Waals surface area contributed by atoms with Crippen LogP contribution in [-0.2, 0) is 14.8 Å². The number of aryl methyl sites for hydroxylation is 1. The van der Waals surface area contributed by atoms with Crippen molar-refractivity contribution >= 4 is 26.0 Å². The highest BCUT2D eigenvalue weighted by Crippen LogP contribution is 2.24. The molecule has 6 heteroatoms. The van der Waals surface area contributed by atoms with Crippen LogP contribution in [0.25, 0.3) is 0 Å². The van der Waals surface area contributed by atoms with E-state index in [4.69, 9.17) is 4.74 Å². The minimum Gasteiger partial charge on any atom is -0.377 e. The Kier molecular flexibility index (Phi) is 4.66. The van der Waals surface area contributed by atoms with Gasteiger partial charge in [-0.3, -0.25) is 0 Å². The Labute approximate surface area is 122 Å². The molecule has 0 saturated carbocycles.